The number of unbranched alkanes of at least 4 members (excludes halogenated alkanes) is 1. The molecule has 0 aromatic carbocycles. The van der Waals surface area contributed by atoms with Gasteiger partial charge in [0.2, 0.25) is 0 Å². The number of guanidine groups is 1. The molecule has 0 saturated heterocycles. The highest BCUT2D eigenvalue weighted by molar-refractivity contribution is 5.79. The van der Waals surface area contributed by atoms with Crippen molar-refractivity contribution in [3.05, 3.63) is 0 Å². The van der Waals surface area contributed by atoms with E-state index in [9.17, 15) is 0 Å². The first-order chi connectivity index (χ1) is 9.54. The zero-order valence-electron chi connectivity index (χ0n) is 14.1. The number of aliphatic imine (C=N–C) groups is 1. The molecule has 0 amide bonds. The van der Waals surface area contributed by atoms with Crippen LogP contribution in [0, 0.1) is 5.92 Å². The molecule has 20 heavy (non-hydrogen) atoms. The van der Waals surface area contributed by atoms with Gasteiger partial charge in [0.1, 0.15) is 0 Å². The van der Waals surface area contributed by atoms with Gasteiger partial charge in [-0.1, -0.05) is 26.7 Å². The number of nitrogens with one attached hydrogen (secondary N) is 2. The Hall–Kier alpha value is -0.770. The van der Waals surface area contributed by atoms with Gasteiger partial charge >= 0.3 is 0 Å². The molecule has 118 valence electrons. The Labute approximate surface area is 125 Å². The van der Waals surface area contributed by atoms with Crippen molar-refractivity contribution in [2.45, 2.75) is 65.0 Å². The van der Waals surface area contributed by atoms with Gasteiger partial charge in [-0.2, -0.15) is 0 Å². The minimum atomic E-state index is 0.557. The van der Waals surface area contributed by atoms with Crippen molar-refractivity contribution >= 4 is 5.96 Å². The van der Waals surface area contributed by atoms with E-state index in [0.29, 0.717) is 6.04 Å². The molecule has 0 bridgehead atoms. The Kier molecular flexibility index (Phi) is 7.97. The summed E-state index contributed by atoms with van der Waals surface area (Å²) >= 11 is 0. The van der Waals surface area contributed by atoms with E-state index >= 15 is 0 Å². The van der Waals surface area contributed by atoms with Gasteiger partial charge in [-0.05, 0) is 39.2 Å². The van der Waals surface area contributed by atoms with E-state index in [4.69, 9.17) is 0 Å². The lowest BCUT2D eigenvalue weighted by molar-refractivity contribution is 0.247. The summed E-state index contributed by atoms with van der Waals surface area (Å²) in [6.45, 7) is 8.82. The molecule has 1 aliphatic rings. The van der Waals surface area contributed by atoms with Crippen LogP contribution in [0.15, 0.2) is 4.99 Å². The quantitative estimate of drug-likeness (QED) is 0.388. The van der Waals surface area contributed by atoms with E-state index in [1.807, 2.05) is 7.05 Å². The van der Waals surface area contributed by atoms with Crippen LogP contribution in [0.5, 0.6) is 0 Å². The van der Waals surface area contributed by atoms with Gasteiger partial charge in [0.15, 0.2) is 5.96 Å². The molecule has 4 heteroatoms. The molecule has 0 spiro atoms. The third-order valence-corrected chi connectivity index (χ3v) is 4.11. The molecule has 0 aliphatic heterocycles. The highest BCUT2D eigenvalue weighted by Gasteiger charge is 2.28. The lowest BCUT2D eigenvalue weighted by Gasteiger charge is -2.25. The monoisotopic (exact) mass is 282 g/mol. The molecule has 0 radical (unpaired) electrons. The first kappa shape index (κ1) is 17.3. The van der Waals surface area contributed by atoms with Gasteiger partial charge in [0.05, 0.1) is 0 Å². The van der Waals surface area contributed by atoms with Crippen LogP contribution in [-0.4, -0.2) is 50.1 Å². The van der Waals surface area contributed by atoms with E-state index < -0.39 is 0 Å². The highest BCUT2D eigenvalue weighted by atomic mass is 15.2. The first-order valence-corrected chi connectivity index (χ1v) is 8.21. The summed E-state index contributed by atoms with van der Waals surface area (Å²) in [5, 5.41) is 6.83. The van der Waals surface area contributed by atoms with Crippen LogP contribution < -0.4 is 10.6 Å². The van der Waals surface area contributed by atoms with Crippen molar-refractivity contribution in [1.82, 2.24) is 15.5 Å². The Morgan fingerprint density at radius 3 is 2.45 bits per heavy atom. The fourth-order valence-electron chi connectivity index (χ4n) is 2.34. The van der Waals surface area contributed by atoms with E-state index in [0.717, 1.165) is 31.0 Å². The van der Waals surface area contributed by atoms with E-state index in [2.05, 4.69) is 48.3 Å². The SMILES string of the molecule is CN=C(NCCCCC(C)C)NCC(C)N(C)C1CC1. The highest BCUT2D eigenvalue weighted by Crippen LogP contribution is 2.26. The fourth-order valence-corrected chi connectivity index (χ4v) is 2.34. The molecule has 1 atom stereocenters. The molecule has 2 N–H and O–H groups in total. The minimum Gasteiger partial charge on any atom is -0.356 e. The van der Waals surface area contributed by atoms with Gasteiger partial charge in [0, 0.05) is 32.2 Å². The van der Waals surface area contributed by atoms with E-state index in [1.165, 1.54) is 32.1 Å². The summed E-state index contributed by atoms with van der Waals surface area (Å²) in [7, 11) is 4.07. The second-order valence-electron chi connectivity index (χ2n) is 6.52. The second-order valence-corrected chi connectivity index (χ2v) is 6.52. The molecule has 1 saturated carbocycles. The number of likely N-dealkylation sites (N-methyl/N-ethyl adjacent to an activating group) is 1. The summed E-state index contributed by atoms with van der Waals surface area (Å²) in [6, 6.07) is 1.37. The lowest BCUT2D eigenvalue weighted by atomic mass is 10.1. The van der Waals surface area contributed by atoms with Gasteiger partial charge < -0.3 is 10.6 Å². The van der Waals surface area contributed by atoms with Crippen LogP contribution in [0.25, 0.3) is 0 Å². The Bertz CT molecular complexity index is 284. The van der Waals surface area contributed by atoms with Crippen LogP contribution in [0.3, 0.4) is 0 Å². The van der Waals surface area contributed by atoms with Gasteiger partial charge in [-0.25, -0.2) is 0 Å². The van der Waals surface area contributed by atoms with Gasteiger partial charge in [-0.15, -0.1) is 0 Å². The summed E-state index contributed by atoms with van der Waals surface area (Å²) in [4.78, 5) is 6.76. The molecule has 1 aliphatic carbocycles. The lowest BCUT2D eigenvalue weighted by Crippen LogP contribution is -2.45. The van der Waals surface area contributed by atoms with Crippen molar-refractivity contribution in [1.29, 1.82) is 0 Å². The predicted molar refractivity (Wildman–Crippen MR) is 88.3 cm³/mol. The predicted octanol–water partition coefficient (Wildman–Crippen LogP) is 2.46. The molecule has 1 fully saturated rings. The van der Waals surface area contributed by atoms with E-state index in [1.54, 1.807) is 0 Å². The Morgan fingerprint density at radius 1 is 1.20 bits per heavy atom. The van der Waals surface area contributed by atoms with E-state index in [-0.39, 0.29) is 0 Å². The Morgan fingerprint density at radius 2 is 1.90 bits per heavy atom. The average Bonchev–Trinajstić information content (AvgIpc) is 3.24. The van der Waals surface area contributed by atoms with Crippen molar-refractivity contribution in [2.75, 3.05) is 27.2 Å². The number of rotatable bonds is 9. The van der Waals surface area contributed by atoms with Crippen LogP contribution in [0.2, 0.25) is 0 Å². The zero-order valence-corrected chi connectivity index (χ0v) is 14.1. The van der Waals surface area contributed by atoms with Crippen molar-refractivity contribution in [3.63, 3.8) is 0 Å². The number of hydrogen-bond donors (Lipinski definition) is 2. The maximum absolute atomic E-state index is 4.29. The summed E-state index contributed by atoms with van der Waals surface area (Å²) < 4.78 is 0. The third-order valence-electron chi connectivity index (χ3n) is 4.11. The standard InChI is InChI=1S/C16H34N4/c1-13(2)8-6-7-11-18-16(17-4)19-12-14(3)20(5)15-9-10-15/h13-15H,6-12H2,1-5H3,(H2,17,18,19). The number of nitrogens with zero attached hydrogens (tertiary/aromatic N) is 2. The third kappa shape index (κ3) is 7.13. The summed E-state index contributed by atoms with van der Waals surface area (Å²) in [5.74, 6) is 1.75. The van der Waals surface area contributed by atoms with Crippen molar-refractivity contribution < 1.29 is 0 Å². The van der Waals surface area contributed by atoms with Gasteiger partial charge in [-0.3, -0.25) is 9.89 Å². The molecule has 1 rings (SSSR count). The summed E-state index contributed by atoms with van der Waals surface area (Å²) in [6.07, 6.45) is 6.56. The van der Waals surface area contributed by atoms with Crippen LogP contribution in [0.4, 0.5) is 0 Å². The molecule has 4 nitrogen and oxygen atoms in total. The Balaban J connectivity index is 2.09. The molecule has 1 unspecified atom stereocenters. The fraction of sp³-hybridized carbons (Fsp3) is 0.938. The molecular weight excluding hydrogens is 248 g/mol. The van der Waals surface area contributed by atoms with Crippen LogP contribution >= 0.6 is 0 Å². The molecular formula is C16H34N4. The van der Waals surface area contributed by atoms with Crippen LogP contribution in [-0.2, 0) is 0 Å². The maximum Gasteiger partial charge on any atom is 0.191 e. The normalized spacial score (nSPS) is 17.6. The summed E-state index contributed by atoms with van der Waals surface area (Å²) in [5.41, 5.74) is 0. The smallest absolute Gasteiger partial charge is 0.191 e. The number of hydrogen-bond acceptors (Lipinski definition) is 2. The van der Waals surface area contributed by atoms with Crippen molar-refractivity contribution in [3.8, 4) is 0 Å². The molecule has 0 aromatic heterocycles. The largest absolute Gasteiger partial charge is 0.356 e. The second kappa shape index (κ2) is 9.22. The minimum absolute atomic E-state index is 0.557. The van der Waals surface area contributed by atoms with Gasteiger partial charge in [0.25, 0.3) is 0 Å². The molecule has 0 heterocycles. The first-order valence-electron chi connectivity index (χ1n) is 8.21. The maximum atomic E-state index is 4.29. The van der Waals surface area contributed by atoms with Crippen LogP contribution in [0.1, 0.15) is 52.9 Å². The van der Waals surface area contributed by atoms with Crippen molar-refractivity contribution in [2.24, 2.45) is 10.9 Å². The zero-order chi connectivity index (χ0) is 15.0. The molecule has 0 aromatic rings. The average molecular weight is 282 g/mol. The topological polar surface area (TPSA) is 39.7 Å².